The number of benzene rings is 3. The Morgan fingerprint density at radius 2 is 1.56 bits per heavy atom. The summed E-state index contributed by atoms with van der Waals surface area (Å²) in [6, 6.07) is 26.9. The number of aliphatic hydroxyl groups excluding tert-OH is 1. The van der Waals surface area contributed by atoms with E-state index in [0.29, 0.717) is 29.7 Å². The molecule has 0 radical (unpaired) electrons. The lowest BCUT2D eigenvalue weighted by Crippen LogP contribution is -2.69. The molecule has 1 saturated heterocycles. The highest BCUT2D eigenvalue weighted by molar-refractivity contribution is 5.72. The van der Waals surface area contributed by atoms with Crippen LogP contribution in [0.2, 0.25) is 0 Å². The van der Waals surface area contributed by atoms with Crippen LogP contribution in [0.15, 0.2) is 72.8 Å². The van der Waals surface area contributed by atoms with E-state index in [0.717, 1.165) is 70.5 Å². The molecule has 266 valence electrons. The first-order chi connectivity index (χ1) is 24.5. The number of ether oxygens (including phenoxy) is 2. The maximum absolute atomic E-state index is 12.3. The number of esters is 1. The molecule has 3 aromatic rings. The third-order valence-corrected chi connectivity index (χ3v) is 13.0. The van der Waals surface area contributed by atoms with Gasteiger partial charge in [-0.3, -0.25) is 14.6 Å². The molecule has 0 amide bonds. The highest BCUT2D eigenvalue weighted by Crippen LogP contribution is 2.64. The quantitative estimate of drug-likeness (QED) is 0.0962. The van der Waals surface area contributed by atoms with Crippen LogP contribution < -0.4 is 9.47 Å². The average Bonchev–Trinajstić information content (AvgIpc) is 3.71. The molecular weight excluding hydrogens is 620 g/mol. The second-order valence-corrected chi connectivity index (χ2v) is 16.1. The highest BCUT2D eigenvalue weighted by atomic mass is 16.6. The molecule has 1 spiro atoms. The van der Waals surface area contributed by atoms with Crippen molar-refractivity contribution in [3.8, 4) is 11.5 Å². The zero-order valence-corrected chi connectivity index (χ0v) is 30.0. The van der Waals surface area contributed by atoms with E-state index < -0.39 is 0 Å². The van der Waals surface area contributed by atoms with Crippen LogP contribution in [0.1, 0.15) is 93.4 Å². The van der Waals surface area contributed by atoms with E-state index in [1.807, 2.05) is 6.07 Å². The molecule has 1 N–H and O–H groups in total. The maximum atomic E-state index is 12.3. The number of carbonyl (C=O) groups excluding carboxylic acids is 1. The number of aliphatic hydroxyl groups is 1. The van der Waals surface area contributed by atoms with Gasteiger partial charge in [0.25, 0.3) is 0 Å². The van der Waals surface area contributed by atoms with Crippen LogP contribution >= 0.6 is 0 Å². The zero-order valence-electron chi connectivity index (χ0n) is 30.0. The summed E-state index contributed by atoms with van der Waals surface area (Å²) in [7, 11) is 0. The summed E-state index contributed by atoms with van der Waals surface area (Å²) in [5.41, 5.74) is 5.57. The second kappa shape index (κ2) is 14.8. The van der Waals surface area contributed by atoms with Crippen molar-refractivity contribution in [3.05, 3.63) is 95.1 Å². The van der Waals surface area contributed by atoms with Crippen molar-refractivity contribution < 1.29 is 19.4 Å². The molecular formula is C44H56N2O4. The SMILES string of the molecule is CC(=O)Oc1ccc2c3c1O[C@H]1[C@H](N(CCCCCCc4ccccc4)CCCCc4ccccc4)CC[C@H]4[C@@H](C2)N(CC2CC2O)CC[C@@]341. The van der Waals surface area contributed by atoms with E-state index in [4.69, 9.17) is 9.47 Å². The molecule has 7 atom stereocenters. The van der Waals surface area contributed by atoms with Gasteiger partial charge in [0.2, 0.25) is 0 Å². The smallest absolute Gasteiger partial charge is 0.308 e. The third kappa shape index (κ3) is 6.76. The van der Waals surface area contributed by atoms with Crippen molar-refractivity contribution in [1.82, 2.24) is 9.80 Å². The first-order valence-electron chi connectivity index (χ1n) is 19.8. The van der Waals surface area contributed by atoms with Gasteiger partial charge in [-0.2, -0.15) is 0 Å². The first kappa shape index (κ1) is 33.9. The van der Waals surface area contributed by atoms with Crippen molar-refractivity contribution in [2.45, 2.75) is 120 Å². The van der Waals surface area contributed by atoms with Gasteiger partial charge in [-0.05, 0) is 119 Å². The van der Waals surface area contributed by atoms with E-state index in [-0.39, 0.29) is 23.6 Å². The summed E-state index contributed by atoms with van der Waals surface area (Å²) < 4.78 is 13.1. The minimum absolute atomic E-state index is 0.0523. The molecule has 3 aromatic carbocycles. The summed E-state index contributed by atoms with van der Waals surface area (Å²) >= 11 is 0. The van der Waals surface area contributed by atoms with Crippen LogP contribution in [-0.2, 0) is 29.5 Å². The van der Waals surface area contributed by atoms with Gasteiger partial charge in [0.05, 0.1) is 6.10 Å². The molecule has 6 heteroatoms. The minimum atomic E-state index is -0.288. The summed E-state index contributed by atoms with van der Waals surface area (Å²) in [6.45, 7) is 5.76. The Kier molecular flexibility index (Phi) is 10.0. The summed E-state index contributed by atoms with van der Waals surface area (Å²) in [5.74, 6) is 2.12. The molecule has 2 aliphatic heterocycles. The topological polar surface area (TPSA) is 62.2 Å². The molecule has 5 aliphatic rings. The molecule has 2 unspecified atom stereocenters. The molecule has 2 bridgehead atoms. The first-order valence-corrected chi connectivity index (χ1v) is 19.8. The minimum Gasteiger partial charge on any atom is -0.484 e. The van der Waals surface area contributed by atoms with Gasteiger partial charge in [0.1, 0.15) is 6.10 Å². The van der Waals surface area contributed by atoms with Crippen LogP contribution in [0.25, 0.3) is 0 Å². The summed E-state index contributed by atoms with van der Waals surface area (Å²) in [6.07, 6.45) is 15.0. The number of piperidine rings is 1. The Bertz CT molecular complexity index is 1610. The van der Waals surface area contributed by atoms with Gasteiger partial charge in [-0.25, -0.2) is 0 Å². The lowest BCUT2D eigenvalue weighted by molar-refractivity contribution is -0.132. The Hall–Kier alpha value is -3.19. The molecule has 0 aromatic heterocycles. The molecule has 3 fully saturated rings. The Balaban J connectivity index is 1.02. The summed E-state index contributed by atoms with van der Waals surface area (Å²) in [5, 5.41) is 10.3. The van der Waals surface area contributed by atoms with E-state index >= 15 is 0 Å². The van der Waals surface area contributed by atoms with Crippen LogP contribution in [-0.4, -0.2) is 71.3 Å². The maximum Gasteiger partial charge on any atom is 0.308 e. The number of hydrogen-bond acceptors (Lipinski definition) is 6. The zero-order chi connectivity index (χ0) is 34.1. The fourth-order valence-corrected chi connectivity index (χ4v) is 10.5. The number of hydrogen-bond donors (Lipinski definition) is 1. The van der Waals surface area contributed by atoms with Crippen molar-refractivity contribution in [2.75, 3.05) is 26.2 Å². The fourth-order valence-electron chi connectivity index (χ4n) is 10.5. The third-order valence-electron chi connectivity index (χ3n) is 13.0. The monoisotopic (exact) mass is 676 g/mol. The van der Waals surface area contributed by atoms with Crippen molar-refractivity contribution in [3.63, 3.8) is 0 Å². The average molecular weight is 677 g/mol. The number of likely N-dealkylation sites (tertiary alicyclic amines) is 1. The Labute approximate surface area is 299 Å². The molecule has 2 heterocycles. The summed E-state index contributed by atoms with van der Waals surface area (Å²) in [4.78, 5) is 17.8. The van der Waals surface area contributed by atoms with Crippen molar-refractivity contribution >= 4 is 5.97 Å². The van der Waals surface area contributed by atoms with Crippen LogP contribution in [0, 0.1) is 11.8 Å². The lowest BCUT2D eigenvalue weighted by Gasteiger charge is -2.60. The van der Waals surface area contributed by atoms with Gasteiger partial charge >= 0.3 is 5.97 Å². The normalized spacial score (nSPS) is 29.0. The van der Waals surface area contributed by atoms with Crippen LogP contribution in [0.4, 0.5) is 0 Å². The van der Waals surface area contributed by atoms with Gasteiger partial charge in [0.15, 0.2) is 11.5 Å². The Morgan fingerprint density at radius 3 is 2.24 bits per heavy atom. The number of nitrogens with zero attached hydrogens (tertiary/aromatic N) is 2. The second-order valence-electron chi connectivity index (χ2n) is 16.1. The Morgan fingerprint density at radius 1 is 0.900 bits per heavy atom. The van der Waals surface area contributed by atoms with Crippen molar-refractivity contribution in [2.24, 2.45) is 11.8 Å². The van der Waals surface area contributed by atoms with E-state index in [2.05, 4.69) is 76.5 Å². The molecule has 6 nitrogen and oxygen atoms in total. The van der Waals surface area contributed by atoms with E-state index in [1.165, 1.54) is 74.1 Å². The molecule has 8 rings (SSSR count). The van der Waals surface area contributed by atoms with Gasteiger partial charge < -0.3 is 14.6 Å². The van der Waals surface area contributed by atoms with Gasteiger partial charge in [0, 0.05) is 42.4 Å². The predicted octanol–water partition coefficient (Wildman–Crippen LogP) is 7.53. The molecule has 2 saturated carbocycles. The highest BCUT2D eigenvalue weighted by Gasteiger charge is 2.66. The number of aryl methyl sites for hydroxylation is 2. The van der Waals surface area contributed by atoms with Crippen LogP contribution in [0.5, 0.6) is 11.5 Å². The fraction of sp³-hybridized carbons (Fsp3) is 0.568. The number of unbranched alkanes of at least 4 members (excludes halogenated alkanes) is 4. The van der Waals surface area contributed by atoms with Crippen LogP contribution in [0.3, 0.4) is 0 Å². The molecule has 50 heavy (non-hydrogen) atoms. The van der Waals surface area contributed by atoms with E-state index in [9.17, 15) is 9.90 Å². The number of rotatable bonds is 16. The van der Waals surface area contributed by atoms with E-state index in [1.54, 1.807) is 0 Å². The largest absolute Gasteiger partial charge is 0.484 e. The molecule has 3 aliphatic carbocycles. The standard InChI is InChI=1S/C44H56N2O4/c1-31(47)49-40-23-20-34-28-38-36-21-22-37(43-44(36,41(34)42(40)50-43)24-27-46(38)30-35-29-39(35)48)45(26-13-11-19-33-17-9-5-10-18-33)25-12-3-2-6-14-32-15-7-4-8-16-32/h4-5,7-10,15-18,20,23,35-39,43,48H,2-3,6,11-14,19,21-22,24-30H2,1H3/t35?,36-,37+,38+,39?,43-,44-/m0/s1. The number of carbonyl (C=O) groups is 1. The lowest BCUT2D eigenvalue weighted by atomic mass is 9.51. The van der Waals surface area contributed by atoms with Gasteiger partial charge in [-0.15, -0.1) is 0 Å². The van der Waals surface area contributed by atoms with Crippen molar-refractivity contribution in [1.29, 1.82) is 0 Å². The predicted molar refractivity (Wildman–Crippen MR) is 198 cm³/mol. The van der Waals surface area contributed by atoms with Gasteiger partial charge in [-0.1, -0.05) is 79.6 Å².